The van der Waals surface area contributed by atoms with E-state index in [0.29, 0.717) is 25.2 Å². The Morgan fingerprint density at radius 2 is 2.04 bits per heavy atom. The molecule has 1 fully saturated rings. The minimum absolute atomic E-state index is 0.156. The lowest BCUT2D eigenvalue weighted by Crippen LogP contribution is -2.55. The van der Waals surface area contributed by atoms with Crippen LogP contribution in [0.5, 0.6) is 0 Å². The minimum atomic E-state index is -3.51. The molecule has 136 valence electrons. The summed E-state index contributed by atoms with van der Waals surface area (Å²) in [6.45, 7) is 6.54. The number of hydrogen-bond acceptors (Lipinski definition) is 4. The summed E-state index contributed by atoms with van der Waals surface area (Å²) >= 11 is 5.99. The maximum atomic E-state index is 12.8. The maximum absolute atomic E-state index is 12.8. The summed E-state index contributed by atoms with van der Waals surface area (Å²) < 4.78 is 25.1. The molecule has 1 N–H and O–H groups in total. The van der Waals surface area contributed by atoms with E-state index in [1.54, 1.807) is 15.9 Å². The molecule has 0 unspecified atom stereocenters. The summed E-state index contributed by atoms with van der Waals surface area (Å²) in [6, 6.07) is 4.27. The number of hydrogen-bond donors (Lipinski definition) is 1. The van der Waals surface area contributed by atoms with Crippen molar-refractivity contribution in [2.24, 2.45) is 0 Å². The molecule has 1 aliphatic rings. The average molecular weight is 386 g/mol. The van der Waals surface area contributed by atoms with E-state index < -0.39 is 10.0 Å². The number of halogens is 1. The van der Waals surface area contributed by atoms with E-state index in [-0.39, 0.29) is 28.6 Å². The molecule has 1 atom stereocenters. The third-order valence-corrected chi connectivity index (χ3v) is 4.80. The van der Waals surface area contributed by atoms with Crippen molar-refractivity contribution in [3.63, 3.8) is 0 Å². The Hall–Kier alpha value is -2.06. The molecule has 9 heteroatoms. The zero-order chi connectivity index (χ0) is 18.8. The molecule has 0 saturated carbocycles. The standard InChI is InChI=1S/C16H20ClN3O4S/c1-4-15(21)19-7-8-20(11(2)10-19)16(22)12-5-6-13(17)14(9-12)18-25(3,23)24/h4-6,9,11,18H,1,7-8,10H2,2-3H3/t11-/m0/s1. The quantitative estimate of drug-likeness (QED) is 0.797. The predicted molar refractivity (Wildman–Crippen MR) is 97.2 cm³/mol. The minimum Gasteiger partial charge on any atom is -0.335 e. The molecule has 2 rings (SSSR count). The summed E-state index contributed by atoms with van der Waals surface area (Å²) in [6.07, 6.45) is 2.27. The third-order valence-electron chi connectivity index (χ3n) is 3.88. The van der Waals surface area contributed by atoms with Crippen LogP contribution in [-0.4, -0.2) is 62.0 Å². The van der Waals surface area contributed by atoms with Gasteiger partial charge in [-0.15, -0.1) is 0 Å². The van der Waals surface area contributed by atoms with Crippen molar-refractivity contribution in [2.75, 3.05) is 30.6 Å². The average Bonchev–Trinajstić information content (AvgIpc) is 2.54. The summed E-state index contributed by atoms with van der Waals surface area (Å²) in [7, 11) is -3.51. The largest absolute Gasteiger partial charge is 0.335 e. The lowest BCUT2D eigenvalue weighted by molar-refractivity contribution is -0.128. The first-order valence-electron chi connectivity index (χ1n) is 7.62. The molecule has 25 heavy (non-hydrogen) atoms. The molecule has 0 aromatic heterocycles. The van der Waals surface area contributed by atoms with Gasteiger partial charge in [-0.1, -0.05) is 18.2 Å². The van der Waals surface area contributed by atoms with Gasteiger partial charge < -0.3 is 9.80 Å². The van der Waals surface area contributed by atoms with Crippen LogP contribution in [0.4, 0.5) is 5.69 Å². The first kappa shape index (κ1) is 19.3. The van der Waals surface area contributed by atoms with E-state index in [0.717, 1.165) is 6.26 Å². The van der Waals surface area contributed by atoms with Gasteiger partial charge in [0.25, 0.3) is 5.91 Å². The summed E-state index contributed by atoms with van der Waals surface area (Å²) in [5.41, 5.74) is 0.481. The highest BCUT2D eigenvalue weighted by Crippen LogP contribution is 2.25. The van der Waals surface area contributed by atoms with Crippen molar-refractivity contribution < 1.29 is 18.0 Å². The molecule has 1 saturated heterocycles. The number of anilines is 1. The van der Waals surface area contributed by atoms with Crippen molar-refractivity contribution >= 4 is 39.1 Å². The number of amides is 2. The summed E-state index contributed by atoms with van der Waals surface area (Å²) in [5.74, 6) is -0.406. The van der Waals surface area contributed by atoms with Gasteiger partial charge in [0, 0.05) is 31.2 Å². The van der Waals surface area contributed by atoms with E-state index in [1.807, 2.05) is 6.92 Å². The Balaban J connectivity index is 2.19. The Labute approximate surface area is 152 Å². The lowest BCUT2D eigenvalue weighted by Gasteiger charge is -2.39. The number of carbonyl (C=O) groups is 2. The number of nitrogens with zero attached hydrogens (tertiary/aromatic N) is 2. The number of piperazine rings is 1. The molecular weight excluding hydrogens is 366 g/mol. The van der Waals surface area contributed by atoms with Crippen LogP contribution in [0, 0.1) is 0 Å². The van der Waals surface area contributed by atoms with Crippen LogP contribution in [0.15, 0.2) is 30.9 Å². The fraction of sp³-hybridized carbons (Fsp3) is 0.375. The Morgan fingerprint density at radius 1 is 1.36 bits per heavy atom. The van der Waals surface area contributed by atoms with E-state index in [9.17, 15) is 18.0 Å². The number of nitrogens with one attached hydrogen (secondary N) is 1. The molecule has 7 nitrogen and oxygen atoms in total. The van der Waals surface area contributed by atoms with Gasteiger partial charge >= 0.3 is 0 Å². The molecule has 1 aromatic carbocycles. The topological polar surface area (TPSA) is 86.8 Å². The number of carbonyl (C=O) groups excluding carboxylic acids is 2. The van der Waals surface area contributed by atoms with Crippen molar-refractivity contribution in [1.29, 1.82) is 0 Å². The van der Waals surface area contributed by atoms with Crippen LogP contribution in [0.25, 0.3) is 0 Å². The van der Waals surface area contributed by atoms with Gasteiger partial charge in [-0.05, 0) is 31.2 Å². The van der Waals surface area contributed by atoms with Gasteiger partial charge in [-0.3, -0.25) is 14.3 Å². The van der Waals surface area contributed by atoms with Crippen molar-refractivity contribution in [2.45, 2.75) is 13.0 Å². The fourth-order valence-electron chi connectivity index (χ4n) is 2.69. The second-order valence-electron chi connectivity index (χ2n) is 5.90. The lowest BCUT2D eigenvalue weighted by atomic mass is 10.1. The molecule has 0 bridgehead atoms. The van der Waals surface area contributed by atoms with Gasteiger partial charge in [0.15, 0.2) is 0 Å². The smallest absolute Gasteiger partial charge is 0.254 e. The molecule has 1 aromatic rings. The van der Waals surface area contributed by atoms with Crippen molar-refractivity contribution in [1.82, 2.24) is 9.80 Å². The molecule has 0 spiro atoms. The third kappa shape index (κ3) is 4.73. The second-order valence-corrected chi connectivity index (χ2v) is 8.06. The Bertz CT molecular complexity index is 810. The van der Waals surface area contributed by atoms with Gasteiger partial charge in [0.05, 0.1) is 17.0 Å². The monoisotopic (exact) mass is 385 g/mol. The fourth-order valence-corrected chi connectivity index (χ4v) is 3.48. The number of rotatable bonds is 4. The van der Waals surface area contributed by atoms with Gasteiger partial charge in [0.1, 0.15) is 0 Å². The van der Waals surface area contributed by atoms with Gasteiger partial charge in [-0.2, -0.15) is 0 Å². The molecule has 0 radical (unpaired) electrons. The zero-order valence-corrected chi connectivity index (χ0v) is 15.6. The Kier molecular flexibility index (Phi) is 5.74. The molecule has 2 amide bonds. The van der Waals surface area contributed by atoms with Crippen LogP contribution < -0.4 is 4.72 Å². The van der Waals surface area contributed by atoms with Crippen LogP contribution in [-0.2, 0) is 14.8 Å². The molecule has 0 aliphatic carbocycles. The van der Waals surface area contributed by atoms with Crippen LogP contribution in [0.3, 0.4) is 0 Å². The van der Waals surface area contributed by atoms with Gasteiger partial charge in [0.2, 0.25) is 15.9 Å². The predicted octanol–water partition coefficient (Wildman–Crippen LogP) is 1.57. The Morgan fingerprint density at radius 3 is 2.60 bits per heavy atom. The van der Waals surface area contributed by atoms with Crippen LogP contribution in [0.2, 0.25) is 5.02 Å². The highest BCUT2D eigenvalue weighted by atomic mass is 35.5. The van der Waals surface area contributed by atoms with Crippen LogP contribution >= 0.6 is 11.6 Å². The first-order chi connectivity index (χ1) is 11.6. The highest BCUT2D eigenvalue weighted by molar-refractivity contribution is 7.92. The second kappa shape index (κ2) is 7.45. The summed E-state index contributed by atoms with van der Waals surface area (Å²) in [4.78, 5) is 27.8. The number of sulfonamides is 1. The first-order valence-corrected chi connectivity index (χ1v) is 9.89. The van der Waals surface area contributed by atoms with Crippen molar-refractivity contribution in [3.8, 4) is 0 Å². The SMILES string of the molecule is C=CC(=O)N1CCN(C(=O)c2ccc(Cl)c(NS(C)(=O)=O)c2)[C@@H](C)C1. The molecular formula is C16H20ClN3O4S. The van der Waals surface area contributed by atoms with Crippen molar-refractivity contribution in [3.05, 3.63) is 41.4 Å². The number of benzene rings is 1. The van der Waals surface area contributed by atoms with Crippen LogP contribution in [0.1, 0.15) is 17.3 Å². The van der Waals surface area contributed by atoms with E-state index in [4.69, 9.17) is 11.6 Å². The molecule has 1 aliphatic heterocycles. The van der Waals surface area contributed by atoms with E-state index >= 15 is 0 Å². The highest BCUT2D eigenvalue weighted by Gasteiger charge is 2.29. The summed E-state index contributed by atoms with van der Waals surface area (Å²) in [5, 5.41) is 0.205. The van der Waals surface area contributed by atoms with E-state index in [2.05, 4.69) is 11.3 Å². The molecule has 1 heterocycles. The van der Waals surface area contributed by atoms with Gasteiger partial charge in [-0.25, -0.2) is 8.42 Å². The van der Waals surface area contributed by atoms with E-state index in [1.165, 1.54) is 18.2 Å². The zero-order valence-electron chi connectivity index (χ0n) is 14.0. The normalized spacial score (nSPS) is 18.0. The maximum Gasteiger partial charge on any atom is 0.254 e.